The number of fused-ring (bicyclic) bond motifs is 2. The number of carbonyl (C=O) groups excluding carboxylic acids is 1. The minimum atomic E-state index is 0. The smallest absolute Gasteiger partial charge is 0.251 e. The van der Waals surface area contributed by atoms with Crippen molar-refractivity contribution in [3.05, 3.63) is 29.8 Å². The summed E-state index contributed by atoms with van der Waals surface area (Å²) in [7, 11) is 0. The quantitative estimate of drug-likeness (QED) is 0.837. The highest BCUT2D eigenvalue weighted by molar-refractivity contribution is 5.94. The fourth-order valence-corrected chi connectivity index (χ4v) is 3.59. The van der Waals surface area contributed by atoms with Crippen LogP contribution in [0.5, 0.6) is 0 Å². The summed E-state index contributed by atoms with van der Waals surface area (Å²) in [5.41, 5.74) is 7.01. The summed E-state index contributed by atoms with van der Waals surface area (Å²) < 4.78 is 0. The maximum absolute atomic E-state index is 12.0. The van der Waals surface area contributed by atoms with Crippen molar-refractivity contribution in [1.82, 2.24) is 5.32 Å². The van der Waals surface area contributed by atoms with Gasteiger partial charge in [-0.25, -0.2) is 0 Å². The molecule has 2 aliphatic carbocycles. The van der Waals surface area contributed by atoms with Gasteiger partial charge in [-0.1, -0.05) is 6.42 Å². The van der Waals surface area contributed by atoms with Crippen LogP contribution in [0.1, 0.15) is 36.0 Å². The third-order valence-corrected chi connectivity index (χ3v) is 4.58. The fourth-order valence-electron chi connectivity index (χ4n) is 3.59. The van der Waals surface area contributed by atoms with Gasteiger partial charge >= 0.3 is 0 Å². The molecule has 3 N–H and O–H groups in total. The maximum atomic E-state index is 12.0. The van der Waals surface area contributed by atoms with Crippen LogP contribution in [0.3, 0.4) is 0 Å². The molecule has 3 atom stereocenters. The van der Waals surface area contributed by atoms with Gasteiger partial charge in [-0.2, -0.15) is 0 Å². The van der Waals surface area contributed by atoms with Gasteiger partial charge in [0.1, 0.15) is 0 Å². The Morgan fingerprint density at radius 3 is 2.53 bits per heavy atom. The van der Waals surface area contributed by atoms with E-state index in [1.807, 2.05) is 0 Å². The van der Waals surface area contributed by atoms with Crippen LogP contribution in [0.2, 0.25) is 0 Å². The first-order valence-corrected chi connectivity index (χ1v) is 6.86. The number of nitrogens with one attached hydrogen (secondary N) is 1. The lowest BCUT2D eigenvalue weighted by molar-refractivity contribution is 0.0942. The molecule has 2 saturated carbocycles. The molecule has 0 saturated heterocycles. The average molecular weight is 281 g/mol. The zero-order valence-electron chi connectivity index (χ0n) is 11.0. The van der Waals surface area contributed by atoms with E-state index in [4.69, 9.17) is 5.73 Å². The van der Waals surface area contributed by atoms with Gasteiger partial charge in [-0.15, -0.1) is 12.4 Å². The largest absolute Gasteiger partial charge is 0.399 e. The van der Waals surface area contributed by atoms with E-state index in [1.54, 1.807) is 24.3 Å². The molecule has 1 amide bonds. The Bertz CT molecular complexity index is 446. The molecule has 4 heteroatoms. The molecule has 0 spiro atoms. The molecular weight excluding hydrogens is 260 g/mol. The second-order valence-electron chi connectivity index (χ2n) is 5.77. The van der Waals surface area contributed by atoms with E-state index in [-0.39, 0.29) is 18.3 Å². The van der Waals surface area contributed by atoms with Crippen LogP contribution in [0, 0.1) is 17.8 Å². The SMILES string of the molecule is Cl.Nc1ccc(C(=O)NCC2CC3CCC2C3)cc1. The Morgan fingerprint density at radius 2 is 1.95 bits per heavy atom. The van der Waals surface area contributed by atoms with Gasteiger partial charge in [0.15, 0.2) is 0 Å². The van der Waals surface area contributed by atoms with Gasteiger partial charge in [0.25, 0.3) is 5.91 Å². The Hall–Kier alpha value is -1.22. The summed E-state index contributed by atoms with van der Waals surface area (Å²) in [6.07, 6.45) is 5.48. The molecule has 3 rings (SSSR count). The van der Waals surface area contributed by atoms with Gasteiger partial charge in [0, 0.05) is 17.8 Å². The Kier molecular flexibility index (Phi) is 4.35. The topological polar surface area (TPSA) is 55.1 Å². The summed E-state index contributed by atoms with van der Waals surface area (Å²) in [6, 6.07) is 7.11. The Morgan fingerprint density at radius 1 is 1.21 bits per heavy atom. The number of nitrogens with two attached hydrogens (primary N) is 1. The zero-order chi connectivity index (χ0) is 12.5. The van der Waals surface area contributed by atoms with Crippen LogP contribution in [-0.4, -0.2) is 12.5 Å². The number of hydrogen-bond acceptors (Lipinski definition) is 2. The lowest BCUT2D eigenvalue weighted by Gasteiger charge is -2.21. The third kappa shape index (κ3) is 3.03. The molecule has 2 aliphatic rings. The summed E-state index contributed by atoms with van der Waals surface area (Å²) in [4.78, 5) is 12.0. The van der Waals surface area contributed by atoms with Crippen molar-refractivity contribution in [3.63, 3.8) is 0 Å². The van der Waals surface area contributed by atoms with E-state index in [2.05, 4.69) is 5.32 Å². The first kappa shape index (κ1) is 14.2. The molecule has 3 unspecified atom stereocenters. The molecule has 1 aromatic rings. The molecule has 19 heavy (non-hydrogen) atoms. The van der Waals surface area contributed by atoms with Crippen molar-refractivity contribution >= 4 is 24.0 Å². The van der Waals surface area contributed by atoms with E-state index in [0.717, 1.165) is 18.4 Å². The van der Waals surface area contributed by atoms with Gasteiger partial charge < -0.3 is 11.1 Å². The second-order valence-corrected chi connectivity index (χ2v) is 5.77. The normalized spacial score (nSPS) is 27.9. The fraction of sp³-hybridized carbons (Fsp3) is 0.533. The van der Waals surface area contributed by atoms with Crippen molar-refractivity contribution in [3.8, 4) is 0 Å². The number of nitrogen functional groups attached to an aromatic ring is 1. The van der Waals surface area contributed by atoms with Crippen LogP contribution < -0.4 is 11.1 Å². The number of carbonyl (C=O) groups is 1. The first-order valence-electron chi connectivity index (χ1n) is 6.86. The van der Waals surface area contributed by atoms with Crippen LogP contribution in [0.4, 0.5) is 5.69 Å². The van der Waals surface area contributed by atoms with Gasteiger partial charge in [-0.05, 0) is 61.3 Å². The standard InChI is InChI=1S/C15H20N2O.ClH/c16-14-5-3-11(4-6-14)15(18)17-9-13-8-10-1-2-12(13)7-10;/h3-6,10,12-13H,1-2,7-9,16H2,(H,17,18);1H. The van der Waals surface area contributed by atoms with Crippen LogP contribution >= 0.6 is 12.4 Å². The Balaban J connectivity index is 0.00000133. The van der Waals surface area contributed by atoms with E-state index >= 15 is 0 Å². The number of amides is 1. The predicted octanol–water partition coefficient (Wildman–Crippen LogP) is 2.86. The molecule has 104 valence electrons. The van der Waals surface area contributed by atoms with Crippen LogP contribution in [-0.2, 0) is 0 Å². The minimum Gasteiger partial charge on any atom is -0.399 e. The highest BCUT2D eigenvalue weighted by atomic mass is 35.5. The van der Waals surface area contributed by atoms with Crippen molar-refractivity contribution in [2.45, 2.75) is 25.7 Å². The lowest BCUT2D eigenvalue weighted by Crippen LogP contribution is -2.31. The lowest BCUT2D eigenvalue weighted by atomic mass is 9.89. The van der Waals surface area contributed by atoms with E-state index in [9.17, 15) is 4.79 Å². The highest BCUT2D eigenvalue weighted by Gasteiger charge is 2.39. The van der Waals surface area contributed by atoms with Gasteiger partial charge in [0.2, 0.25) is 0 Å². The zero-order valence-corrected chi connectivity index (χ0v) is 11.8. The van der Waals surface area contributed by atoms with Crippen molar-refractivity contribution in [1.29, 1.82) is 0 Å². The summed E-state index contributed by atoms with van der Waals surface area (Å²) in [5.74, 6) is 2.54. The molecule has 0 aliphatic heterocycles. The van der Waals surface area contributed by atoms with E-state index in [1.165, 1.54) is 25.7 Å². The maximum Gasteiger partial charge on any atom is 0.251 e. The molecule has 3 nitrogen and oxygen atoms in total. The monoisotopic (exact) mass is 280 g/mol. The second kappa shape index (κ2) is 5.83. The van der Waals surface area contributed by atoms with Crippen LogP contribution in [0.25, 0.3) is 0 Å². The number of hydrogen-bond donors (Lipinski definition) is 2. The number of rotatable bonds is 3. The number of benzene rings is 1. The summed E-state index contributed by atoms with van der Waals surface area (Å²) >= 11 is 0. The molecule has 0 heterocycles. The van der Waals surface area contributed by atoms with Crippen molar-refractivity contribution in [2.75, 3.05) is 12.3 Å². The molecule has 2 bridgehead atoms. The summed E-state index contributed by atoms with van der Waals surface area (Å²) in [5, 5.41) is 3.07. The number of anilines is 1. The number of halogens is 1. The summed E-state index contributed by atoms with van der Waals surface area (Å²) in [6.45, 7) is 0.838. The van der Waals surface area contributed by atoms with Gasteiger partial charge in [-0.3, -0.25) is 4.79 Å². The average Bonchev–Trinajstić information content (AvgIpc) is 2.99. The third-order valence-electron chi connectivity index (χ3n) is 4.58. The molecule has 0 radical (unpaired) electrons. The first-order chi connectivity index (χ1) is 8.72. The van der Waals surface area contributed by atoms with E-state index in [0.29, 0.717) is 17.2 Å². The minimum absolute atomic E-state index is 0. The molecule has 2 fully saturated rings. The molecule has 1 aromatic carbocycles. The van der Waals surface area contributed by atoms with Gasteiger partial charge in [0.05, 0.1) is 0 Å². The Labute approximate surface area is 120 Å². The van der Waals surface area contributed by atoms with Crippen LogP contribution in [0.15, 0.2) is 24.3 Å². The van der Waals surface area contributed by atoms with Crippen molar-refractivity contribution < 1.29 is 4.79 Å². The van der Waals surface area contributed by atoms with Crippen molar-refractivity contribution in [2.24, 2.45) is 17.8 Å². The molecule has 0 aromatic heterocycles. The highest BCUT2D eigenvalue weighted by Crippen LogP contribution is 2.47. The predicted molar refractivity (Wildman–Crippen MR) is 79.4 cm³/mol. The molecular formula is C15H21ClN2O. The van der Waals surface area contributed by atoms with E-state index < -0.39 is 0 Å².